The predicted molar refractivity (Wildman–Crippen MR) is 130 cm³/mol. The summed E-state index contributed by atoms with van der Waals surface area (Å²) in [4.78, 5) is 29.5. The number of benzene rings is 3. The van der Waals surface area contributed by atoms with Crippen molar-refractivity contribution in [3.8, 4) is 28.7 Å². The minimum absolute atomic E-state index is 0.276. The fourth-order valence-electron chi connectivity index (χ4n) is 3.23. The van der Waals surface area contributed by atoms with Crippen molar-refractivity contribution >= 4 is 39.9 Å². The van der Waals surface area contributed by atoms with Crippen molar-refractivity contribution in [1.29, 1.82) is 0 Å². The predicted octanol–water partition coefficient (Wildman–Crippen LogP) is 5.13. The number of oxazole rings is 1. The highest BCUT2D eigenvalue weighted by Crippen LogP contribution is 2.38. The number of rotatable bonds is 6. The SMILES string of the molecule is COc1cc(C(=O)SNC(=O)Nc2cccc(-c3nc4ccccc4o3)c2)cc(OC)c1OC. The number of carbonyl (C=O) groups is 2. The Bertz CT molecular complexity index is 1300. The van der Waals surface area contributed by atoms with Crippen molar-refractivity contribution in [3.63, 3.8) is 0 Å². The van der Waals surface area contributed by atoms with Crippen molar-refractivity contribution in [2.24, 2.45) is 0 Å². The van der Waals surface area contributed by atoms with Crippen LogP contribution < -0.4 is 24.2 Å². The molecule has 0 fully saturated rings. The van der Waals surface area contributed by atoms with Crippen LogP contribution in [0.5, 0.6) is 17.2 Å². The van der Waals surface area contributed by atoms with Gasteiger partial charge < -0.3 is 23.9 Å². The summed E-state index contributed by atoms with van der Waals surface area (Å²) in [5.41, 5.74) is 2.91. The van der Waals surface area contributed by atoms with Gasteiger partial charge in [-0.1, -0.05) is 18.2 Å². The molecule has 0 spiro atoms. The van der Waals surface area contributed by atoms with Crippen LogP contribution in [0.3, 0.4) is 0 Å². The summed E-state index contributed by atoms with van der Waals surface area (Å²) in [6, 6.07) is 17.0. The third kappa shape index (κ3) is 4.91. The Hall–Kier alpha value is -4.18. The van der Waals surface area contributed by atoms with E-state index in [1.54, 1.807) is 18.2 Å². The lowest BCUT2D eigenvalue weighted by Crippen LogP contribution is -2.24. The van der Waals surface area contributed by atoms with Gasteiger partial charge in [-0.2, -0.15) is 0 Å². The molecule has 3 aromatic carbocycles. The Morgan fingerprint density at radius 2 is 1.65 bits per heavy atom. The van der Waals surface area contributed by atoms with Crippen LogP contribution in [0.4, 0.5) is 10.5 Å². The van der Waals surface area contributed by atoms with Crippen LogP contribution in [0.25, 0.3) is 22.6 Å². The fraction of sp³-hybridized carbons (Fsp3) is 0.125. The summed E-state index contributed by atoms with van der Waals surface area (Å²) < 4.78 is 24.0. The molecule has 0 radical (unpaired) electrons. The number of hydrogen-bond acceptors (Lipinski definition) is 8. The number of methoxy groups -OCH3 is 3. The first-order chi connectivity index (χ1) is 16.5. The molecule has 0 saturated heterocycles. The standard InChI is InChI=1S/C24H21N3O6S/c1-30-19-12-15(13-20(31-2)21(19)32-3)23(28)34-27-24(29)25-16-8-6-7-14(11-16)22-26-17-9-4-5-10-18(17)33-22/h4-13H,1-3H3,(H2,25,27,29). The highest BCUT2D eigenvalue weighted by molar-refractivity contribution is 8.12. The highest BCUT2D eigenvalue weighted by atomic mass is 32.2. The topological polar surface area (TPSA) is 112 Å². The molecule has 0 unspecified atom stereocenters. The molecule has 4 aromatic rings. The largest absolute Gasteiger partial charge is 0.493 e. The van der Waals surface area contributed by atoms with Gasteiger partial charge in [-0.25, -0.2) is 9.78 Å². The van der Waals surface area contributed by atoms with Crippen LogP contribution in [0.2, 0.25) is 0 Å². The minimum Gasteiger partial charge on any atom is -0.493 e. The van der Waals surface area contributed by atoms with Crippen LogP contribution in [0.1, 0.15) is 10.4 Å². The molecule has 0 saturated carbocycles. The van der Waals surface area contributed by atoms with Crippen LogP contribution >= 0.6 is 11.9 Å². The molecule has 0 aliphatic carbocycles. The van der Waals surface area contributed by atoms with Crippen LogP contribution in [-0.4, -0.2) is 37.5 Å². The third-order valence-electron chi connectivity index (χ3n) is 4.80. The smallest absolute Gasteiger partial charge is 0.329 e. The van der Waals surface area contributed by atoms with E-state index in [9.17, 15) is 9.59 Å². The first kappa shape index (κ1) is 23.0. The molecule has 10 heteroatoms. The van der Waals surface area contributed by atoms with E-state index in [0.29, 0.717) is 51.9 Å². The molecular formula is C24H21N3O6S. The molecule has 2 N–H and O–H groups in total. The zero-order valence-electron chi connectivity index (χ0n) is 18.6. The second-order valence-electron chi connectivity index (χ2n) is 6.93. The number of anilines is 1. The average molecular weight is 480 g/mol. The first-order valence-corrected chi connectivity index (χ1v) is 10.9. The molecule has 9 nitrogen and oxygen atoms in total. The number of nitrogens with zero attached hydrogens (tertiary/aromatic N) is 1. The van der Waals surface area contributed by atoms with Gasteiger partial charge in [0, 0.05) is 28.8 Å². The number of ether oxygens (including phenoxy) is 3. The van der Waals surface area contributed by atoms with E-state index in [1.165, 1.54) is 33.5 Å². The van der Waals surface area contributed by atoms with Gasteiger partial charge in [-0.05, 0) is 42.5 Å². The van der Waals surface area contributed by atoms with Gasteiger partial charge in [0.15, 0.2) is 17.1 Å². The Labute approximate surface area is 199 Å². The second kappa shape index (κ2) is 10.2. The number of nitrogens with one attached hydrogen (secondary N) is 2. The van der Waals surface area contributed by atoms with Gasteiger partial charge in [-0.15, -0.1) is 0 Å². The number of fused-ring (bicyclic) bond motifs is 1. The van der Waals surface area contributed by atoms with Crippen LogP contribution in [-0.2, 0) is 0 Å². The number of amides is 2. The van der Waals surface area contributed by atoms with Gasteiger partial charge in [-0.3, -0.25) is 9.52 Å². The number of aromatic nitrogens is 1. The molecule has 1 aromatic heterocycles. The second-order valence-corrected chi connectivity index (χ2v) is 7.71. The molecule has 174 valence electrons. The minimum atomic E-state index is -0.569. The lowest BCUT2D eigenvalue weighted by atomic mass is 10.2. The van der Waals surface area contributed by atoms with E-state index >= 15 is 0 Å². The monoisotopic (exact) mass is 479 g/mol. The summed E-state index contributed by atoms with van der Waals surface area (Å²) in [5.74, 6) is 1.49. The van der Waals surface area contributed by atoms with E-state index in [-0.39, 0.29) is 5.56 Å². The van der Waals surface area contributed by atoms with Crippen molar-refractivity contribution in [3.05, 3.63) is 66.2 Å². The Morgan fingerprint density at radius 1 is 0.912 bits per heavy atom. The molecular weight excluding hydrogens is 458 g/mol. The third-order valence-corrected chi connectivity index (χ3v) is 5.51. The van der Waals surface area contributed by atoms with Crippen molar-refractivity contribution < 1.29 is 28.2 Å². The van der Waals surface area contributed by atoms with E-state index in [4.69, 9.17) is 18.6 Å². The van der Waals surface area contributed by atoms with Gasteiger partial charge in [0.2, 0.25) is 16.8 Å². The molecule has 0 aliphatic rings. The summed E-state index contributed by atoms with van der Waals surface area (Å²) in [5, 5.41) is 2.29. The zero-order valence-corrected chi connectivity index (χ0v) is 19.4. The normalized spacial score (nSPS) is 10.6. The van der Waals surface area contributed by atoms with E-state index < -0.39 is 11.1 Å². The zero-order chi connectivity index (χ0) is 24.1. The first-order valence-electron chi connectivity index (χ1n) is 10.1. The van der Waals surface area contributed by atoms with Gasteiger partial charge in [0.1, 0.15) is 5.52 Å². The molecule has 4 rings (SSSR count). The Balaban J connectivity index is 1.41. The van der Waals surface area contributed by atoms with Crippen molar-refractivity contribution in [2.45, 2.75) is 0 Å². The number of urea groups is 1. The Morgan fingerprint density at radius 3 is 2.32 bits per heavy atom. The van der Waals surface area contributed by atoms with Crippen molar-refractivity contribution in [1.82, 2.24) is 9.71 Å². The van der Waals surface area contributed by atoms with Gasteiger partial charge in [0.05, 0.1) is 21.3 Å². The van der Waals surface area contributed by atoms with Crippen LogP contribution in [0, 0.1) is 0 Å². The number of hydrogen-bond donors (Lipinski definition) is 2. The molecule has 2 amide bonds. The van der Waals surface area contributed by atoms with E-state index in [0.717, 1.165) is 5.52 Å². The van der Waals surface area contributed by atoms with Gasteiger partial charge in [0.25, 0.3) is 0 Å². The van der Waals surface area contributed by atoms with E-state index in [1.807, 2.05) is 30.3 Å². The number of carbonyl (C=O) groups excluding carboxylic acids is 2. The molecule has 0 bridgehead atoms. The maximum atomic E-state index is 12.6. The van der Waals surface area contributed by atoms with Crippen LogP contribution in [0.15, 0.2) is 65.1 Å². The molecule has 0 atom stereocenters. The quantitative estimate of drug-likeness (QED) is 0.366. The summed E-state index contributed by atoms with van der Waals surface area (Å²) in [6.07, 6.45) is 0. The average Bonchev–Trinajstić information content (AvgIpc) is 3.31. The number of para-hydroxylation sites is 2. The lowest BCUT2D eigenvalue weighted by molar-refractivity contribution is 0.108. The maximum absolute atomic E-state index is 12.6. The Kier molecular flexibility index (Phi) is 6.88. The molecule has 1 heterocycles. The molecule has 34 heavy (non-hydrogen) atoms. The maximum Gasteiger partial charge on any atom is 0.329 e. The van der Waals surface area contributed by atoms with E-state index in [2.05, 4.69) is 15.0 Å². The molecule has 0 aliphatic heterocycles. The highest BCUT2D eigenvalue weighted by Gasteiger charge is 2.18. The summed E-state index contributed by atoms with van der Waals surface area (Å²) in [6.45, 7) is 0. The summed E-state index contributed by atoms with van der Waals surface area (Å²) in [7, 11) is 4.39. The fourth-order valence-corrected chi connectivity index (χ4v) is 3.70. The summed E-state index contributed by atoms with van der Waals surface area (Å²) >= 11 is 0.629. The van der Waals surface area contributed by atoms with Gasteiger partial charge >= 0.3 is 6.03 Å². The lowest BCUT2D eigenvalue weighted by Gasteiger charge is -2.13. The van der Waals surface area contributed by atoms with Crippen molar-refractivity contribution in [2.75, 3.05) is 26.6 Å².